The molecule has 200 valence electrons. The lowest BCUT2D eigenvalue weighted by molar-refractivity contribution is -0.140. The summed E-state index contributed by atoms with van der Waals surface area (Å²) >= 11 is 0. The summed E-state index contributed by atoms with van der Waals surface area (Å²) in [5.74, 6) is 0.908. The fourth-order valence-corrected chi connectivity index (χ4v) is 7.28. The first-order valence-electron chi connectivity index (χ1n) is 14.2. The van der Waals surface area contributed by atoms with E-state index in [4.69, 9.17) is 4.98 Å². The monoisotopic (exact) mass is 515 g/mol. The largest absolute Gasteiger partial charge is 0.370 e. The van der Waals surface area contributed by atoms with Crippen LogP contribution in [-0.2, 0) is 16.0 Å². The number of nitrogens with zero attached hydrogens (tertiary/aromatic N) is 5. The van der Waals surface area contributed by atoms with Gasteiger partial charge in [0.15, 0.2) is 0 Å². The first kappa shape index (κ1) is 23.9. The van der Waals surface area contributed by atoms with Crippen molar-refractivity contribution in [3.8, 4) is 0 Å². The van der Waals surface area contributed by atoms with Gasteiger partial charge in [-0.1, -0.05) is 12.8 Å². The predicted molar refractivity (Wildman–Crippen MR) is 147 cm³/mol. The molecule has 2 spiro atoms. The van der Waals surface area contributed by atoms with Crippen molar-refractivity contribution in [1.29, 1.82) is 0 Å². The van der Waals surface area contributed by atoms with Gasteiger partial charge >= 0.3 is 0 Å². The molecule has 5 aliphatic rings. The number of anilines is 4. The van der Waals surface area contributed by atoms with Crippen LogP contribution in [0.15, 0.2) is 30.5 Å². The molecular weight excluding hydrogens is 478 g/mol. The Morgan fingerprint density at radius 2 is 1.79 bits per heavy atom. The predicted octanol–water partition coefficient (Wildman–Crippen LogP) is 3.09. The molecule has 0 unspecified atom stereocenters. The number of carbonyl (C=O) groups is 2. The van der Waals surface area contributed by atoms with E-state index in [2.05, 4.69) is 63.5 Å². The number of hydrogen-bond acceptors (Lipinski definition) is 7. The van der Waals surface area contributed by atoms with Crippen LogP contribution in [0, 0.1) is 10.8 Å². The molecule has 38 heavy (non-hydrogen) atoms. The maximum absolute atomic E-state index is 13.8. The van der Waals surface area contributed by atoms with Gasteiger partial charge in [-0.2, -0.15) is 4.98 Å². The van der Waals surface area contributed by atoms with E-state index in [1.54, 1.807) is 6.20 Å². The van der Waals surface area contributed by atoms with E-state index in [0.29, 0.717) is 42.6 Å². The molecule has 4 aliphatic heterocycles. The molecule has 7 rings (SSSR count). The van der Waals surface area contributed by atoms with Crippen molar-refractivity contribution in [3.63, 3.8) is 0 Å². The van der Waals surface area contributed by atoms with Crippen LogP contribution in [0.2, 0.25) is 0 Å². The lowest BCUT2D eigenvalue weighted by Crippen LogP contribution is -2.73. The molecule has 1 aromatic heterocycles. The molecule has 2 amide bonds. The molecule has 2 N–H and O–H groups in total. The third-order valence-electron chi connectivity index (χ3n) is 9.50. The van der Waals surface area contributed by atoms with E-state index in [0.717, 1.165) is 50.0 Å². The minimum absolute atomic E-state index is 0.0869. The summed E-state index contributed by atoms with van der Waals surface area (Å²) in [5.41, 5.74) is 2.52. The maximum Gasteiger partial charge on any atom is 0.244 e. The average Bonchev–Trinajstić information content (AvgIpc) is 3.50. The van der Waals surface area contributed by atoms with Crippen molar-refractivity contribution < 1.29 is 9.59 Å². The Morgan fingerprint density at radius 1 is 1.05 bits per heavy atom. The number of nitrogens with one attached hydrogen (secondary N) is 2. The van der Waals surface area contributed by atoms with Gasteiger partial charge in [-0.05, 0) is 57.4 Å². The second-order valence-electron chi connectivity index (χ2n) is 12.4. The lowest BCUT2D eigenvalue weighted by atomic mass is 9.72. The highest BCUT2D eigenvalue weighted by atomic mass is 16.2. The van der Waals surface area contributed by atoms with Crippen LogP contribution in [0.5, 0.6) is 0 Å². The first-order valence-corrected chi connectivity index (χ1v) is 14.2. The van der Waals surface area contributed by atoms with Gasteiger partial charge in [-0.3, -0.25) is 19.4 Å². The number of likely N-dealkylation sites (tertiary alicyclic amines) is 1. The minimum atomic E-state index is -1.01. The summed E-state index contributed by atoms with van der Waals surface area (Å²) in [5, 5.41) is 6.23. The number of fused-ring (bicyclic) bond motifs is 1. The highest BCUT2D eigenvalue weighted by Gasteiger charge is 2.56. The highest BCUT2D eigenvalue weighted by molar-refractivity contribution is 6.14. The van der Waals surface area contributed by atoms with Crippen molar-refractivity contribution >= 4 is 35.0 Å². The Balaban J connectivity index is 1.08. The minimum Gasteiger partial charge on any atom is -0.370 e. The summed E-state index contributed by atoms with van der Waals surface area (Å²) in [6, 6.07) is 9.19. The Kier molecular flexibility index (Phi) is 5.44. The van der Waals surface area contributed by atoms with Gasteiger partial charge < -0.3 is 15.5 Å². The number of aromatic nitrogens is 2. The SMILES string of the molecule is CC(C)N1CC2(CN(c3ccc(Nc4ncc5c(n4)N(C4CCCC4)C(=O)[C@]4(CCNC4=O)C5)cc3)C2)C1. The molecule has 9 heteroatoms. The quantitative estimate of drug-likeness (QED) is 0.591. The Labute approximate surface area is 224 Å². The van der Waals surface area contributed by atoms with Gasteiger partial charge in [0, 0.05) is 79.8 Å². The van der Waals surface area contributed by atoms with Crippen LogP contribution in [0.3, 0.4) is 0 Å². The van der Waals surface area contributed by atoms with Crippen molar-refractivity contribution in [2.24, 2.45) is 10.8 Å². The summed E-state index contributed by atoms with van der Waals surface area (Å²) in [4.78, 5) is 42.9. The van der Waals surface area contributed by atoms with Crippen molar-refractivity contribution in [2.75, 3.05) is 47.8 Å². The van der Waals surface area contributed by atoms with Crippen LogP contribution in [0.4, 0.5) is 23.1 Å². The molecule has 1 saturated carbocycles. The number of carbonyl (C=O) groups excluding carboxylic acids is 2. The lowest BCUT2D eigenvalue weighted by Gasteiger charge is -2.62. The van der Waals surface area contributed by atoms with Gasteiger partial charge in [0.2, 0.25) is 17.8 Å². The summed E-state index contributed by atoms with van der Waals surface area (Å²) < 4.78 is 0. The molecule has 1 aromatic carbocycles. The average molecular weight is 516 g/mol. The zero-order valence-electron chi connectivity index (χ0n) is 22.4. The molecule has 0 bridgehead atoms. The molecule has 0 radical (unpaired) electrons. The Morgan fingerprint density at radius 3 is 2.45 bits per heavy atom. The molecule has 1 atom stereocenters. The van der Waals surface area contributed by atoms with E-state index in [-0.39, 0.29) is 17.9 Å². The maximum atomic E-state index is 13.8. The van der Waals surface area contributed by atoms with E-state index < -0.39 is 5.41 Å². The summed E-state index contributed by atoms with van der Waals surface area (Å²) in [6.07, 6.45) is 6.80. The zero-order valence-corrected chi connectivity index (χ0v) is 22.4. The Hall–Kier alpha value is -3.20. The fraction of sp³-hybridized carbons (Fsp3) is 0.586. The molecule has 1 aliphatic carbocycles. The van der Waals surface area contributed by atoms with Gasteiger partial charge in [-0.25, -0.2) is 4.98 Å². The van der Waals surface area contributed by atoms with E-state index in [1.165, 1.54) is 18.8 Å². The van der Waals surface area contributed by atoms with Gasteiger partial charge in [0.05, 0.1) is 0 Å². The standard InChI is InChI=1S/C29H37N7O2/c1-19(2)34-15-28(16-34)17-35(18-28)22-9-7-21(8-10-22)32-27-31-14-20-13-29(11-12-30-25(29)37)26(38)36(24(20)33-27)23-5-3-4-6-23/h7-10,14,19,23H,3-6,11-13,15-18H2,1-2H3,(H,30,37)(H,31,32,33)/t29-/m1/s1. The molecule has 3 saturated heterocycles. The molecule has 2 aromatic rings. The van der Waals surface area contributed by atoms with Crippen molar-refractivity contribution in [2.45, 2.75) is 64.5 Å². The van der Waals surface area contributed by atoms with Crippen molar-refractivity contribution in [1.82, 2.24) is 20.2 Å². The van der Waals surface area contributed by atoms with Crippen LogP contribution < -0.4 is 20.4 Å². The molecule has 9 nitrogen and oxygen atoms in total. The summed E-state index contributed by atoms with van der Waals surface area (Å²) in [6.45, 7) is 9.77. The first-order chi connectivity index (χ1) is 18.4. The van der Waals surface area contributed by atoms with E-state index >= 15 is 0 Å². The molecule has 5 heterocycles. The number of rotatable bonds is 5. The zero-order chi connectivity index (χ0) is 26.1. The topological polar surface area (TPSA) is 93.7 Å². The van der Waals surface area contributed by atoms with Crippen LogP contribution in [-0.4, -0.2) is 71.5 Å². The molecule has 4 fully saturated rings. The molecular formula is C29H37N7O2. The summed E-state index contributed by atoms with van der Waals surface area (Å²) in [7, 11) is 0. The van der Waals surface area contributed by atoms with Gasteiger partial charge in [0.25, 0.3) is 0 Å². The van der Waals surface area contributed by atoms with Crippen LogP contribution >= 0.6 is 0 Å². The van der Waals surface area contributed by atoms with Crippen molar-refractivity contribution in [3.05, 3.63) is 36.0 Å². The fourth-order valence-electron chi connectivity index (χ4n) is 7.28. The number of amides is 2. The van der Waals surface area contributed by atoms with Gasteiger partial charge in [-0.15, -0.1) is 0 Å². The third-order valence-corrected chi connectivity index (χ3v) is 9.50. The second kappa shape index (κ2) is 8.66. The van der Waals surface area contributed by atoms with E-state index in [9.17, 15) is 9.59 Å². The second-order valence-corrected chi connectivity index (χ2v) is 12.4. The van der Waals surface area contributed by atoms with Crippen LogP contribution in [0.1, 0.15) is 51.5 Å². The number of benzene rings is 1. The van der Waals surface area contributed by atoms with Crippen LogP contribution in [0.25, 0.3) is 0 Å². The van der Waals surface area contributed by atoms with E-state index in [1.807, 2.05) is 4.90 Å². The van der Waals surface area contributed by atoms with Gasteiger partial charge in [0.1, 0.15) is 11.2 Å². The highest BCUT2D eigenvalue weighted by Crippen LogP contribution is 2.45. The Bertz CT molecular complexity index is 1260. The smallest absolute Gasteiger partial charge is 0.244 e. The number of hydrogen-bond donors (Lipinski definition) is 2. The normalized spacial score (nSPS) is 26.6. The third kappa shape index (κ3) is 3.69.